The molecule has 0 radical (unpaired) electrons. The third-order valence-corrected chi connectivity index (χ3v) is 5.71. The fraction of sp³-hybridized carbons (Fsp3) is 0.476. The van der Waals surface area contributed by atoms with E-state index in [1.807, 2.05) is 35.6 Å². The number of guanidine groups is 1. The van der Waals surface area contributed by atoms with Gasteiger partial charge in [-0.25, -0.2) is 0 Å². The number of benzene rings is 1. The second-order valence-electron chi connectivity index (χ2n) is 6.74. The van der Waals surface area contributed by atoms with E-state index in [1.165, 1.54) is 5.56 Å². The molecule has 29 heavy (non-hydrogen) atoms. The molecule has 0 fully saturated rings. The normalized spacial score (nSPS) is 14.1. The van der Waals surface area contributed by atoms with Gasteiger partial charge in [0, 0.05) is 70.0 Å². The molecule has 0 unspecified atom stereocenters. The highest BCUT2D eigenvalue weighted by atomic mass is 127. The second-order valence-corrected chi connectivity index (χ2v) is 7.74. The van der Waals surface area contributed by atoms with Crippen LogP contribution in [-0.4, -0.2) is 57.9 Å². The molecule has 0 amide bonds. The van der Waals surface area contributed by atoms with E-state index in [4.69, 9.17) is 9.47 Å². The van der Waals surface area contributed by atoms with Crippen molar-refractivity contribution in [3.8, 4) is 5.75 Å². The molecule has 0 aliphatic carbocycles. The fourth-order valence-electron chi connectivity index (χ4n) is 3.20. The molecule has 1 aromatic carbocycles. The van der Waals surface area contributed by atoms with Crippen molar-refractivity contribution in [2.75, 3.05) is 52.3 Å². The zero-order valence-electron chi connectivity index (χ0n) is 17.1. The Hall–Kier alpha value is -1.36. The molecular weight excluding hydrogens is 499 g/mol. The number of ether oxygens (including phenoxy) is 2. The first-order valence-corrected chi connectivity index (χ1v) is 10.6. The highest BCUT2D eigenvalue weighted by molar-refractivity contribution is 14.0. The molecular formula is C21H31IN4O2S. The van der Waals surface area contributed by atoms with Gasteiger partial charge in [0.05, 0.1) is 6.61 Å². The summed E-state index contributed by atoms with van der Waals surface area (Å²) in [6.07, 6.45) is 2.04. The van der Waals surface area contributed by atoms with Crippen molar-refractivity contribution < 1.29 is 9.47 Å². The van der Waals surface area contributed by atoms with Gasteiger partial charge in [0.25, 0.3) is 0 Å². The van der Waals surface area contributed by atoms with E-state index in [2.05, 4.69) is 32.0 Å². The molecule has 160 valence electrons. The van der Waals surface area contributed by atoms with Crippen LogP contribution in [0, 0.1) is 0 Å². The van der Waals surface area contributed by atoms with Gasteiger partial charge < -0.3 is 20.1 Å². The summed E-state index contributed by atoms with van der Waals surface area (Å²) in [4.78, 5) is 8.37. The van der Waals surface area contributed by atoms with Gasteiger partial charge in [0.15, 0.2) is 5.96 Å². The van der Waals surface area contributed by atoms with Crippen molar-refractivity contribution in [2.45, 2.75) is 19.4 Å². The molecule has 1 aliphatic rings. The molecule has 2 heterocycles. The lowest BCUT2D eigenvalue weighted by Crippen LogP contribution is -2.39. The van der Waals surface area contributed by atoms with Crippen molar-refractivity contribution in [2.24, 2.45) is 4.99 Å². The lowest BCUT2D eigenvalue weighted by Gasteiger charge is -2.27. The van der Waals surface area contributed by atoms with Crippen LogP contribution in [0.4, 0.5) is 5.69 Å². The zero-order chi connectivity index (χ0) is 19.6. The summed E-state index contributed by atoms with van der Waals surface area (Å²) in [6, 6.07) is 10.2. The molecule has 1 aromatic heterocycles. The first kappa shape index (κ1) is 23.9. The number of hydrogen-bond acceptors (Lipinski definition) is 5. The monoisotopic (exact) mass is 530 g/mol. The SMILES string of the molecule is CN=C(NCCN1CCc2sccc2C1)Nc1cccc(OCCCOC)c1.I. The maximum Gasteiger partial charge on any atom is 0.195 e. The number of hydrogen-bond donors (Lipinski definition) is 2. The van der Waals surface area contributed by atoms with Gasteiger partial charge in [-0.1, -0.05) is 6.07 Å². The Labute approximate surface area is 194 Å². The van der Waals surface area contributed by atoms with Crippen LogP contribution in [0.25, 0.3) is 0 Å². The zero-order valence-corrected chi connectivity index (χ0v) is 20.3. The molecule has 3 rings (SSSR count). The minimum absolute atomic E-state index is 0. The number of thiophene rings is 1. The topological polar surface area (TPSA) is 58.1 Å². The van der Waals surface area contributed by atoms with Gasteiger partial charge >= 0.3 is 0 Å². The first-order chi connectivity index (χ1) is 13.8. The summed E-state index contributed by atoms with van der Waals surface area (Å²) >= 11 is 1.88. The molecule has 0 saturated carbocycles. The van der Waals surface area contributed by atoms with E-state index in [0.717, 1.165) is 56.4 Å². The van der Waals surface area contributed by atoms with E-state index in [9.17, 15) is 0 Å². The van der Waals surface area contributed by atoms with E-state index < -0.39 is 0 Å². The minimum Gasteiger partial charge on any atom is -0.493 e. The highest BCUT2D eigenvalue weighted by Crippen LogP contribution is 2.23. The fourth-order valence-corrected chi connectivity index (χ4v) is 4.09. The molecule has 1 aliphatic heterocycles. The largest absolute Gasteiger partial charge is 0.493 e. The van der Waals surface area contributed by atoms with Gasteiger partial charge in [-0.2, -0.15) is 0 Å². The van der Waals surface area contributed by atoms with Crippen LogP contribution in [0.2, 0.25) is 0 Å². The van der Waals surface area contributed by atoms with Crippen LogP contribution in [0.1, 0.15) is 16.9 Å². The quantitative estimate of drug-likeness (QED) is 0.224. The molecule has 0 bridgehead atoms. The number of nitrogens with zero attached hydrogens (tertiary/aromatic N) is 2. The number of anilines is 1. The van der Waals surface area contributed by atoms with Gasteiger partial charge in [0.1, 0.15) is 5.75 Å². The Morgan fingerprint density at radius 2 is 2.17 bits per heavy atom. The van der Waals surface area contributed by atoms with Gasteiger partial charge in [-0.3, -0.25) is 9.89 Å². The maximum atomic E-state index is 5.76. The van der Waals surface area contributed by atoms with Crippen LogP contribution in [-0.2, 0) is 17.7 Å². The predicted octanol–water partition coefficient (Wildman–Crippen LogP) is 3.83. The van der Waals surface area contributed by atoms with Crippen LogP contribution >= 0.6 is 35.3 Å². The maximum absolute atomic E-state index is 5.76. The molecule has 0 atom stereocenters. The number of rotatable bonds is 9. The van der Waals surface area contributed by atoms with Crippen LogP contribution < -0.4 is 15.4 Å². The van der Waals surface area contributed by atoms with Crippen LogP contribution in [0.5, 0.6) is 5.75 Å². The van der Waals surface area contributed by atoms with Crippen LogP contribution in [0.15, 0.2) is 40.7 Å². The number of halogens is 1. The first-order valence-electron chi connectivity index (χ1n) is 9.75. The summed E-state index contributed by atoms with van der Waals surface area (Å²) in [7, 11) is 3.49. The smallest absolute Gasteiger partial charge is 0.195 e. The standard InChI is InChI=1S/C21H30N4O2S.HI/c1-22-21(23-9-11-25-10-7-20-17(16-25)8-14-28-20)24-18-5-3-6-19(15-18)27-13-4-12-26-2;/h3,5-6,8,14-15H,4,7,9-13,16H2,1-2H3,(H2,22,23,24);1H. The van der Waals surface area contributed by atoms with Crippen molar-refractivity contribution in [1.29, 1.82) is 0 Å². The lowest BCUT2D eigenvalue weighted by molar-refractivity contribution is 0.172. The predicted molar refractivity (Wildman–Crippen MR) is 132 cm³/mol. The summed E-state index contributed by atoms with van der Waals surface area (Å²) in [6.45, 7) is 5.38. The van der Waals surface area contributed by atoms with Gasteiger partial charge in [-0.15, -0.1) is 35.3 Å². The van der Waals surface area contributed by atoms with E-state index in [0.29, 0.717) is 13.2 Å². The van der Waals surface area contributed by atoms with Crippen molar-refractivity contribution >= 4 is 47.0 Å². The Morgan fingerprint density at radius 1 is 1.28 bits per heavy atom. The summed E-state index contributed by atoms with van der Waals surface area (Å²) in [5, 5.41) is 8.94. The lowest BCUT2D eigenvalue weighted by atomic mass is 10.1. The Morgan fingerprint density at radius 3 is 3.00 bits per heavy atom. The minimum atomic E-state index is 0. The molecule has 2 aromatic rings. The highest BCUT2D eigenvalue weighted by Gasteiger charge is 2.16. The molecule has 2 N–H and O–H groups in total. The van der Waals surface area contributed by atoms with Crippen molar-refractivity contribution in [3.05, 3.63) is 46.2 Å². The van der Waals surface area contributed by atoms with Gasteiger partial charge in [-0.05, 0) is 35.6 Å². The molecule has 0 saturated heterocycles. The third kappa shape index (κ3) is 7.76. The van der Waals surface area contributed by atoms with Crippen LogP contribution in [0.3, 0.4) is 0 Å². The summed E-state index contributed by atoms with van der Waals surface area (Å²) < 4.78 is 10.8. The molecule has 6 nitrogen and oxygen atoms in total. The second kappa shape index (κ2) is 13.0. The average Bonchev–Trinajstić information content (AvgIpc) is 3.19. The average molecular weight is 530 g/mol. The number of fused-ring (bicyclic) bond motifs is 1. The Bertz CT molecular complexity index is 769. The number of methoxy groups -OCH3 is 1. The summed E-state index contributed by atoms with van der Waals surface area (Å²) in [5.41, 5.74) is 2.44. The Balaban J connectivity index is 0.00000300. The summed E-state index contributed by atoms with van der Waals surface area (Å²) in [5.74, 6) is 1.61. The number of aliphatic imine (C=N–C) groups is 1. The van der Waals surface area contributed by atoms with E-state index >= 15 is 0 Å². The van der Waals surface area contributed by atoms with Crippen molar-refractivity contribution in [3.63, 3.8) is 0 Å². The Kier molecular flexibility index (Phi) is 10.8. The van der Waals surface area contributed by atoms with Crippen molar-refractivity contribution in [1.82, 2.24) is 10.2 Å². The molecule has 0 spiro atoms. The third-order valence-electron chi connectivity index (χ3n) is 4.69. The van der Waals surface area contributed by atoms with E-state index in [1.54, 1.807) is 19.0 Å². The number of nitrogens with one attached hydrogen (secondary N) is 2. The van der Waals surface area contributed by atoms with E-state index in [-0.39, 0.29) is 24.0 Å². The molecule has 8 heteroatoms. The van der Waals surface area contributed by atoms with Gasteiger partial charge in [0.2, 0.25) is 0 Å².